The molecule has 0 amide bonds. The molecule has 0 saturated carbocycles. The van der Waals surface area contributed by atoms with Crippen molar-refractivity contribution in [1.29, 1.82) is 0 Å². The SMILES string of the molecule is CCC=CCC=CCC=CCCCCCCCC(=O)OC[C@@H](CNc1ccccc1)OC(=O)CCCCCCCC=CCCCCCCCC. The molecule has 0 heterocycles. The maximum Gasteiger partial charge on any atom is 0.306 e. The second kappa shape index (κ2) is 35.7. The molecule has 0 fully saturated rings. The van der Waals surface area contributed by atoms with Crippen molar-refractivity contribution in [2.24, 2.45) is 0 Å². The van der Waals surface area contributed by atoms with Gasteiger partial charge in [0.05, 0.1) is 6.54 Å². The number of para-hydroxylation sites is 1. The van der Waals surface area contributed by atoms with Gasteiger partial charge in [0.2, 0.25) is 0 Å². The second-order valence-corrected chi connectivity index (χ2v) is 13.5. The van der Waals surface area contributed by atoms with Crippen LogP contribution in [-0.2, 0) is 19.1 Å². The highest BCUT2D eigenvalue weighted by Crippen LogP contribution is 2.13. The highest BCUT2D eigenvalue weighted by atomic mass is 16.6. The van der Waals surface area contributed by atoms with Gasteiger partial charge in [0.25, 0.3) is 0 Å². The molecule has 1 rings (SSSR count). The molecule has 0 aromatic heterocycles. The van der Waals surface area contributed by atoms with Crippen molar-refractivity contribution >= 4 is 17.6 Å². The third-order valence-corrected chi connectivity index (χ3v) is 8.71. The van der Waals surface area contributed by atoms with Crippen molar-refractivity contribution in [2.75, 3.05) is 18.5 Å². The molecule has 0 spiro atoms. The molecule has 0 aliphatic heterocycles. The molecule has 0 radical (unpaired) electrons. The Balaban J connectivity index is 2.18. The highest BCUT2D eigenvalue weighted by molar-refractivity contribution is 5.70. The fraction of sp³-hybridized carbons (Fsp3) is 0.644. The first kappa shape index (κ1) is 44.9. The van der Waals surface area contributed by atoms with Crippen LogP contribution in [0.2, 0.25) is 0 Å². The summed E-state index contributed by atoms with van der Waals surface area (Å²) in [7, 11) is 0. The monoisotopic (exact) mass is 692 g/mol. The number of hydrogen-bond acceptors (Lipinski definition) is 5. The van der Waals surface area contributed by atoms with Gasteiger partial charge >= 0.3 is 11.9 Å². The number of rotatable bonds is 34. The molecule has 5 nitrogen and oxygen atoms in total. The quantitative estimate of drug-likeness (QED) is 0.0443. The van der Waals surface area contributed by atoms with Crippen LogP contribution in [0.4, 0.5) is 5.69 Å². The summed E-state index contributed by atoms with van der Waals surface area (Å²) in [4.78, 5) is 25.1. The first-order chi connectivity index (χ1) is 24.7. The Morgan fingerprint density at radius 1 is 0.580 bits per heavy atom. The van der Waals surface area contributed by atoms with Crippen molar-refractivity contribution in [1.82, 2.24) is 0 Å². The number of carbonyl (C=O) groups is 2. The third kappa shape index (κ3) is 30.9. The summed E-state index contributed by atoms with van der Waals surface area (Å²) in [6.07, 6.45) is 43.8. The maximum absolute atomic E-state index is 12.7. The third-order valence-electron chi connectivity index (χ3n) is 8.71. The van der Waals surface area contributed by atoms with Gasteiger partial charge in [-0.25, -0.2) is 0 Å². The minimum Gasteiger partial charge on any atom is -0.462 e. The summed E-state index contributed by atoms with van der Waals surface area (Å²) in [6.45, 7) is 4.90. The average molecular weight is 692 g/mol. The van der Waals surface area contributed by atoms with Gasteiger partial charge in [-0.05, 0) is 82.8 Å². The molecule has 0 aliphatic rings. The minimum atomic E-state index is -0.517. The Morgan fingerprint density at radius 3 is 1.64 bits per heavy atom. The zero-order chi connectivity index (χ0) is 36.0. The zero-order valence-corrected chi connectivity index (χ0v) is 32.1. The van der Waals surface area contributed by atoms with Gasteiger partial charge in [-0.2, -0.15) is 0 Å². The molecule has 0 aliphatic carbocycles. The summed E-state index contributed by atoms with van der Waals surface area (Å²) < 4.78 is 11.3. The van der Waals surface area contributed by atoms with Crippen LogP contribution in [0, 0.1) is 0 Å². The number of anilines is 1. The van der Waals surface area contributed by atoms with Gasteiger partial charge < -0.3 is 14.8 Å². The lowest BCUT2D eigenvalue weighted by molar-refractivity contribution is -0.158. The van der Waals surface area contributed by atoms with E-state index in [1.165, 1.54) is 70.6 Å². The van der Waals surface area contributed by atoms with E-state index in [2.05, 4.69) is 67.8 Å². The molecule has 0 bridgehead atoms. The van der Waals surface area contributed by atoms with Crippen LogP contribution in [0.1, 0.15) is 168 Å². The fourth-order valence-electron chi connectivity index (χ4n) is 5.65. The van der Waals surface area contributed by atoms with E-state index in [1.54, 1.807) is 0 Å². The highest BCUT2D eigenvalue weighted by Gasteiger charge is 2.17. The van der Waals surface area contributed by atoms with Gasteiger partial charge in [-0.3, -0.25) is 9.59 Å². The van der Waals surface area contributed by atoms with Gasteiger partial charge in [0.15, 0.2) is 6.10 Å². The standard InChI is InChI=1S/C45H73NO4/c1-3-5-7-9-11-13-15-17-19-21-23-25-27-29-34-38-44(47)49-41-43(40-46-42-36-32-31-33-37-42)50-45(48)39-35-30-28-26-24-22-20-18-16-14-12-10-8-6-4-2/h5,7,11,13,17-20,31-33,36-37,43,46H,3-4,6,8-10,12,14-16,21-30,34-35,38-41H2,1-2H3/t43-/m1/s1. The number of benzene rings is 1. The molecule has 0 unspecified atom stereocenters. The Labute approximate surface area is 307 Å². The van der Waals surface area contributed by atoms with E-state index >= 15 is 0 Å². The molecular weight excluding hydrogens is 618 g/mol. The van der Waals surface area contributed by atoms with E-state index in [-0.39, 0.29) is 18.5 Å². The number of unbranched alkanes of at least 4 members (excludes halogenated alkanes) is 16. The van der Waals surface area contributed by atoms with Crippen molar-refractivity contribution < 1.29 is 19.1 Å². The van der Waals surface area contributed by atoms with Gasteiger partial charge in [-0.15, -0.1) is 0 Å². The number of nitrogens with one attached hydrogen (secondary N) is 1. The molecule has 1 atom stereocenters. The summed E-state index contributed by atoms with van der Waals surface area (Å²) in [5, 5.41) is 3.31. The Kier molecular flexibility index (Phi) is 32.1. The second-order valence-electron chi connectivity index (χ2n) is 13.5. The predicted octanol–water partition coefficient (Wildman–Crippen LogP) is 13.2. The molecule has 1 aromatic rings. The van der Waals surface area contributed by atoms with Crippen LogP contribution in [0.25, 0.3) is 0 Å². The maximum atomic E-state index is 12.7. The summed E-state index contributed by atoms with van der Waals surface area (Å²) >= 11 is 0. The van der Waals surface area contributed by atoms with Crippen molar-refractivity contribution in [2.45, 2.75) is 174 Å². The first-order valence-electron chi connectivity index (χ1n) is 20.4. The summed E-state index contributed by atoms with van der Waals surface area (Å²) in [5.74, 6) is -0.436. The fourth-order valence-corrected chi connectivity index (χ4v) is 5.65. The lowest BCUT2D eigenvalue weighted by Crippen LogP contribution is -2.31. The van der Waals surface area contributed by atoms with E-state index in [4.69, 9.17) is 9.47 Å². The van der Waals surface area contributed by atoms with Gasteiger partial charge in [0, 0.05) is 18.5 Å². The number of allylic oxidation sites excluding steroid dienone is 8. The molecule has 0 saturated heterocycles. The van der Waals surface area contributed by atoms with Gasteiger partial charge in [-0.1, -0.05) is 151 Å². The van der Waals surface area contributed by atoms with Crippen LogP contribution < -0.4 is 5.32 Å². The normalized spacial score (nSPS) is 12.4. The summed E-state index contributed by atoms with van der Waals surface area (Å²) in [6, 6.07) is 9.82. The van der Waals surface area contributed by atoms with E-state index in [9.17, 15) is 9.59 Å². The number of ether oxygens (including phenoxy) is 2. The van der Waals surface area contributed by atoms with Crippen LogP contribution in [-0.4, -0.2) is 31.2 Å². The molecule has 282 valence electrons. The Bertz CT molecular complexity index is 1030. The first-order valence-corrected chi connectivity index (χ1v) is 20.4. The molecular formula is C45H73NO4. The average Bonchev–Trinajstić information content (AvgIpc) is 3.13. The van der Waals surface area contributed by atoms with Crippen molar-refractivity contribution in [3.63, 3.8) is 0 Å². The van der Waals surface area contributed by atoms with E-state index in [0.29, 0.717) is 19.4 Å². The summed E-state index contributed by atoms with van der Waals surface area (Å²) in [5.41, 5.74) is 0.944. The lowest BCUT2D eigenvalue weighted by atomic mass is 10.1. The number of carbonyl (C=O) groups excluding carboxylic acids is 2. The van der Waals surface area contributed by atoms with E-state index in [0.717, 1.165) is 76.3 Å². The lowest BCUT2D eigenvalue weighted by Gasteiger charge is -2.19. The van der Waals surface area contributed by atoms with Crippen LogP contribution in [0.15, 0.2) is 78.9 Å². The number of hydrogen-bond donors (Lipinski definition) is 1. The zero-order valence-electron chi connectivity index (χ0n) is 32.1. The van der Waals surface area contributed by atoms with Crippen LogP contribution >= 0.6 is 0 Å². The number of esters is 2. The van der Waals surface area contributed by atoms with E-state index in [1.807, 2.05) is 30.3 Å². The smallest absolute Gasteiger partial charge is 0.306 e. The van der Waals surface area contributed by atoms with E-state index < -0.39 is 6.10 Å². The van der Waals surface area contributed by atoms with Crippen LogP contribution in [0.5, 0.6) is 0 Å². The van der Waals surface area contributed by atoms with Crippen molar-refractivity contribution in [3.8, 4) is 0 Å². The molecule has 5 heteroatoms. The molecule has 1 N–H and O–H groups in total. The minimum absolute atomic E-state index is 0.0771. The van der Waals surface area contributed by atoms with Gasteiger partial charge in [0.1, 0.15) is 6.61 Å². The van der Waals surface area contributed by atoms with Crippen molar-refractivity contribution in [3.05, 3.63) is 78.9 Å². The Morgan fingerprint density at radius 2 is 1.06 bits per heavy atom. The predicted molar refractivity (Wildman–Crippen MR) is 214 cm³/mol. The van der Waals surface area contributed by atoms with Crippen LogP contribution in [0.3, 0.4) is 0 Å². The largest absolute Gasteiger partial charge is 0.462 e. The molecule has 50 heavy (non-hydrogen) atoms. The topological polar surface area (TPSA) is 64.6 Å². The Hall–Kier alpha value is -3.08. The molecule has 1 aromatic carbocycles.